The van der Waals surface area contributed by atoms with Gasteiger partial charge in [0, 0.05) is 0 Å². The first-order valence-corrected chi connectivity index (χ1v) is 5.69. The van der Waals surface area contributed by atoms with Gasteiger partial charge in [-0.3, -0.25) is 0 Å². The van der Waals surface area contributed by atoms with Crippen LogP contribution >= 0.6 is 0 Å². The molecule has 0 aliphatic heterocycles. The molecule has 0 aromatic heterocycles. The number of benzene rings is 1. The molecule has 0 amide bonds. The molecule has 0 radical (unpaired) electrons. The molecule has 0 fully saturated rings. The van der Waals surface area contributed by atoms with Crippen molar-refractivity contribution in [1.29, 1.82) is 0 Å². The summed E-state index contributed by atoms with van der Waals surface area (Å²) >= 11 is 0. The molecule has 84 valence electrons. The zero-order valence-corrected chi connectivity index (χ0v) is 9.66. The molecular weight excluding hydrogens is 186 g/mol. The summed E-state index contributed by atoms with van der Waals surface area (Å²) in [6, 6.07) is 8.10. The normalized spacial score (nSPS) is 12.7. The summed E-state index contributed by atoms with van der Waals surface area (Å²) in [5, 5.41) is 13.1. The van der Waals surface area contributed by atoms with E-state index in [2.05, 4.69) is 19.2 Å². The number of hydrogen-bond acceptors (Lipinski definition) is 2. The number of aliphatic hydroxyl groups is 1. The predicted molar refractivity (Wildman–Crippen MR) is 63.9 cm³/mol. The maximum atomic E-state index is 9.88. The van der Waals surface area contributed by atoms with E-state index in [9.17, 15) is 5.11 Å². The molecule has 0 saturated carbocycles. The summed E-state index contributed by atoms with van der Waals surface area (Å²) in [5.74, 6) is 0. The first kappa shape index (κ1) is 12.2. The molecule has 1 aromatic rings. The lowest BCUT2D eigenvalue weighted by molar-refractivity contribution is 0.164. The van der Waals surface area contributed by atoms with Crippen molar-refractivity contribution in [3.63, 3.8) is 0 Å². The van der Waals surface area contributed by atoms with Crippen LogP contribution in [-0.4, -0.2) is 18.2 Å². The highest BCUT2D eigenvalue weighted by Crippen LogP contribution is 2.18. The lowest BCUT2D eigenvalue weighted by Crippen LogP contribution is -2.14. The average Bonchev–Trinajstić information content (AvgIpc) is 2.25. The highest BCUT2D eigenvalue weighted by Gasteiger charge is 2.05. The van der Waals surface area contributed by atoms with Crippen LogP contribution in [0.25, 0.3) is 0 Å². The Morgan fingerprint density at radius 2 is 1.93 bits per heavy atom. The van der Waals surface area contributed by atoms with Crippen LogP contribution in [0.1, 0.15) is 37.0 Å². The van der Waals surface area contributed by atoms with E-state index in [4.69, 9.17) is 0 Å². The molecule has 2 heteroatoms. The van der Waals surface area contributed by atoms with Crippen LogP contribution in [0.2, 0.25) is 0 Å². The molecule has 2 nitrogen and oxygen atoms in total. The Kier molecular flexibility index (Phi) is 5.37. The van der Waals surface area contributed by atoms with E-state index in [0.717, 1.165) is 31.5 Å². The first-order chi connectivity index (χ1) is 7.24. The number of aliphatic hydroxyl groups excluding tert-OH is 1. The number of aryl methyl sites for hydroxylation is 1. The molecule has 0 aliphatic rings. The molecule has 1 rings (SSSR count). The van der Waals surface area contributed by atoms with Gasteiger partial charge in [0.25, 0.3) is 0 Å². The second-order valence-corrected chi connectivity index (χ2v) is 3.92. The smallest absolute Gasteiger partial charge is 0.0790 e. The van der Waals surface area contributed by atoms with Gasteiger partial charge < -0.3 is 10.4 Å². The monoisotopic (exact) mass is 207 g/mol. The molecule has 2 N–H and O–H groups in total. The van der Waals surface area contributed by atoms with Crippen molar-refractivity contribution in [1.82, 2.24) is 5.32 Å². The topological polar surface area (TPSA) is 32.3 Å². The Labute approximate surface area is 92.3 Å². The van der Waals surface area contributed by atoms with Crippen LogP contribution in [0.3, 0.4) is 0 Å². The van der Waals surface area contributed by atoms with Gasteiger partial charge in [-0.25, -0.2) is 0 Å². The highest BCUT2D eigenvalue weighted by atomic mass is 16.3. The van der Waals surface area contributed by atoms with Crippen LogP contribution in [0.4, 0.5) is 0 Å². The van der Waals surface area contributed by atoms with Gasteiger partial charge in [0.1, 0.15) is 0 Å². The zero-order chi connectivity index (χ0) is 11.1. The number of nitrogens with one attached hydrogen (secondary N) is 1. The molecule has 1 atom stereocenters. The first-order valence-electron chi connectivity index (χ1n) is 5.69. The van der Waals surface area contributed by atoms with Gasteiger partial charge in [-0.2, -0.15) is 0 Å². The third-order valence-electron chi connectivity index (χ3n) is 2.54. The second-order valence-electron chi connectivity index (χ2n) is 3.92. The molecule has 0 bridgehead atoms. The Morgan fingerprint density at radius 1 is 1.27 bits per heavy atom. The summed E-state index contributed by atoms with van der Waals surface area (Å²) in [5.41, 5.74) is 2.26. The van der Waals surface area contributed by atoms with Gasteiger partial charge in [-0.1, -0.05) is 36.8 Å². The van der Waals surface area contributed by atoms with Crippen LogP contribution < -0.4 is 5.32 Å². The predicted octanol–water partition coefficient (Wildman–Crippen LogP) is 2.42. The maximum Gasteiger partial charge on any atom is 0.0790 e. The molecule has 0 spiro atoms. The van der Waals surface area contributed by atoms with Gasteiger partial charge in [0.05, 0.1) is 6.10 Å². The second kappa shape index (κ2) is 6.59. The third kappa shape index (κ3) is 4.45. The van der Waals surface area contributed by atoms with E-state index in [-0.39, 0.29) is 6.10 Å². The number of hydrogen-bond donors (Lipinski definition) is 2. The minimum Gasteiger partial charge on any atom is -0.388 e. The van der Waals surface area contributed by atoms with E-state index in [1.165, 1.54) is 5.56 Å². The lowest BCUT2D eigenvalue weighted by Gasteiger charge is -2.11. The fourth-order valence-corrected chi connectivity index (χ4v) is 1.55. The Balaban J connectivity index is 2.33. The van der Waals surface area contributed by atoms with Crippen molar-refractivity contribution in [2.24, 2.45) is 0 Å². The fourth-order valence-electron chi connectivity index (χ4n) is 1.55. The standard InChI is InChI=1S/C13H21NO/c1-3-14-10-4-5-13(15)12-8-6-11(2)7-9-12/h6-9,13-15H,3-5,10H2,1-2H3. The summed E-state index contributed by atoms with van der Waals surface area (Å²) in [6.07, 6.45) is 1.53. The maximum absolute atomic E-state index is 9.88. The van der Waals surface area contributed by atoms with Crippen molar-refractivity contribution in [2.75, 3.05) is 13.1 Å². The van der Waals surface area contributed by atoms with Crippen molar-refractivity contribution in [2.45, 2.75) is 32.8 Å². The summed E-state index contributed by atoms with van der Waals surface area (Å²) in [7, 11) is 0. The van der Waals surface area contributed by atoms with E-state index >= 15 is 0 Å². The van der Waals surface area contributed by atoms with Gasteiger partial charge in [0.2, 0.25) is 0 Å². The van der Waals surface area contributed by atoms with Crippen molar-refractivity contribution >= 4 is 0 Å². The molecule has 0 saturated heterocycles. The van der Waals surface area contributed by atoms with Gasteiger partial charge in [0.15, 0.2) is 0 Å². The number of rotatable bonds is 6. The van der Waals surface area contributed by atoms with Crippen LogP contribution in [0.15, 0.2) is 24.3 Å². The third-order valence-corrected chi connectivity index (χ3v) is 2.54. The quantitative estimate of drug-likeness (QED) is 0.702. The summed E-state index contributed by atoms with van der Waals surface area (Å²) in [6.45, 7) is 6.14. The average molecular weight is 207 g/mol. The van der Waals surface area contributed by atoms with E-state index in [0.29, 0.717) is 0 Å². The Morgan fingerprint density at radius 3 is 2.53 bits per heavy atom. The van der Waals surface area contributed by atoms with Crippen molar-refractivity contribution in [3.8, 4) is 0 Å². The van der Waals surface area contributed by atoms with E-state index in [1.807, 2.05) is 24.3 Å². The fraction of sp³-hybridized carbons (Fsp3) is 0.538. The van der Waals surface area contributed by atoms with Gasteiger partial charge >= 0.3 is 0 Å². The molecular formula is C13H21NO. The van der Waals surface area contributed by atoms with Crippen LogP contribution in [0.5, 0.6) is 0 Å². The Bertz CT molecular complexity index is 268. The van der Waals surface area contributed by atoms with Crippen molar-refractivity contribution in [3.05, 3.63) is 35.4 Å². The highest BCUT2D eigenvalue weighted by molar-refractivity contribution is 5.22. The van der Waals surface area contributed by atoms with Crippen LogP contribution in [0, 0.1) is 6.92 Å². The van der Waals surface area contributed by atoms with Crippen molar-refractivity contribution < 1.29 is 5.11 Å². The molecule has 0 heterocycles. The minimum atomic E-state index is -0.316. The van der Waals surface area contributed by atoms with Gasteiger partial charge in [-0.15, -0.1) is 0 Å². The zero-order valence-electron chi connectivity index (χ0n) is 9.66. The minimum absolute atomic E-state index is 0.316. The summed E-state index contributed by atoms with van der Waals surface area (Å²) in [4.78, 5) is 0. The SMILES string of the molecule is CCNCCCC(O)c1ccc(C)cc1. The molecule has 1 aromatic carbocycles. The lowest BCUT2D eigenvalue weighted by atomic mass is 10.0. The summed E-state index contributed by atoms with van der Waals surface area (Å²) < 4.78 is 0. The van der Waals surface area contributed by atoms with E-state index < -0.39 is 0 Å². The largest absolute Gasteiger partial charge is 0.388 e. The van der Waals surface area contributed by atoms with Gasteiger partial charge in [-0.05, 0) is 38.4 Å². The molecule has 15 heavy (non-hydrogen) atoms. The Hall–Kier alpha value is -0.860. The van der Waals surface area contributed by atoms with Crippen LogP contribution in [-0.2, 0) is 0 Å². The molecule has 1 unspecified atom stereocenters. The molecule has 0 aliphatic carbocycles. The van der Waals surface area contributed by atoms with E-state index in [1.54, 1.807) is 0 Å².